The molecule has 0 spiro atoms. The van der Waals surface area contributed by atoms with Crippen molar-refractivity contribution >= 4 is 29.3 Å². The summed E-state index contributed by atoms with van der Waals surface area (Å²) in [4.78, 5) is 26.9. The fourth-order valence-corrected chi connectivity index (χ4v) is 4.61. The maximum atomic E-state index is 15.2. The number of halogens is 2. The predicted octanol–water partition coefficient (Wildman–Crippen LogP) is 5.85. The molecule has 9 heteroatoms. The van der Waals surface area contributed by atoms with Gasteiger partial charge in [0.25, 0.3) is 0 Å². The van der Waals surface area contributed by atoms with Crippen molar-refractivity contribution < 1.29 is 28.2 Å². The predicted molar refractivity (Wildman–Crippen MR) is 135 cm³/mol. The zero-order valence-corrected chi connectivity index (χ0v) is 20.9. The molecule has 0 aromatic heterocycles. The number of hydrogen-bond donors (Lipinski definition) is 1. The van der Waals surface area contributed by atoms with Gasteiger partial charge in [-0.25, -0.2) is 14.0 Å². The standard InChI is InChI=1S/C27H26ClFN2O5/c1-4-36-26(32)16-8-10-18(11-9-16)30-27(33)31-13-12-17-14-22(34-2)23(35-3)15-19(17)25(31)24-20(28)6-5-7-21(24)29/h5-11,14-15,25H,4,12-13H2,1-3H3,(H,30,33). The molecule has 1 atom stereocenters. The van der Waals surface area contributed by atoms with Gasteiger partial charge in [-0.3, -0.25) is 0 Å². The van der Waals surface area contributed by atoms with Crippen molar-refractivity contribution in [2.24, 2.45) is 0 Å². The summed E-state index contributed by atoms with van der Waals surface area (Å²) in [7, 11) is 3.06. The summed E-state index contributed by atoms with van der Waals surface area (Å²) in [5, 5.41) is 3.05. The molecule has 0 radical (unpaired) electrons. The van der Waals surface area contributed by atoms with E-state index in [0.717, 1.165) is 5.56 Å². The van der Waals surface area contributed by atoms with E-state index < -0.39 is 23.9 Å². The number of rotatable bonds is 6. The number of benzene rings is 3. The van der Waals surface area contributed by atoms with Crippen molar-refractivity contribution in [3.8, 4) is 11.5 Å². The molecule has 188 valence electrons. The van der Waals surface area contributed by atoms with Gasteiger partial charge >= 0.3 is 12.0 Å². The van der Waals surface area contributed by atoms with Gasteiger partial charge in [0.15, 0.2) is 11.5 Å². The van der Waals surface area contributed by atoms with Crippen LogP contribution in [0, 0.1) is 5.82 Å². The summed E-state index contributed by atoms with van der Waals surface area (Å²) >= 11 is 6.47. The van der Waals surface area contributed by atoms with Crippen molar-refractivity contribution in [1.29, 1.82) is 0 Å². The van der Waals surface area contributed by atoms with E-state index in [0.29, 0.717) is 41.3 Å². The minimum atomic E-state index is -0.805. The number of carbonyl (C=O) groups is 2. The first-order valence-corrected chi connectivity index (χ1v) is 11.8. The number of carbonyl (C=O) groups excluding carboxylic acids is 2. The number of fused-ring (bicyclic) bond motifs is 1. The quantitative estimate of drug-likeness (QED) is 0.419. The number of anilines is 1. The number of urea groups is 1. The number of ether oxygens (including phenoxy) is 3. The van der Waals surface area contributed by atoms with Crippen LogP contribution in [-0.4, -0.2) is 44.3 Å². The Morgan fingerprint density at radius 3 is 2.42 bits per heavy atom. The van der Waals surface area contributed by atoms with Crippen LogP contribution in [0.2, 0.25) is 5.02 Å². The molecule has 7 nitrogen and oxygen atoms in total. The van der Waals surface area contributed by atoms with Crippen molar-refractivity contribution in [2.45, 2.75) is 19.4 Å². The molecule has 0 fully saturated rings. The average molecular weight is 513 g/mol. The Labute approximate surface area is 213 Å². The van der Waals surface area contributed by atoms with Gasteiger partial charge in [0, 0.05) is 22.8 Å². The number of nitrogens with one attached hydrogen (secondary N) is 1. The summed E-state index contributed by atoms with van der Waals surface area (Å²) < 4.78 is 31.1. The Hall–Kier alpha value is -3.78. The minimum absolute atomic E-state index is 0.195. The molecule has 1 N–H and O–H groups in total. The number of esters is 1. The van der Waals surface area contributed by atoms with E-state index in [1.807, 2.05) is 6.07 Å². The summed E-state index contributed by atoms with van der Waals surface area (Å²) in [6, 6.07) is 13.2. The van der Waals surface area contributed by atoms with E-state index in [1.165, 1.54) is 24.1 Å². The van der Waals surface area contributed by atoms with E-state index in [-0.39, 0.29) is 17.2 Å². The highest BCUT2D eigenvalue weighted by atomic mass is 35.5. The third-order valence-corrected chi connectivity index (χ3v) is 6.38. The minimum Gasteiger partial charge on any atom is -0.493 e. The lowest BCUT2D eigenvalue weighted by atomic mass is 9.87. The monoisotopic (exact) mass is 512 g/mol. The Balaban J connectivity index is 1.72. The Morgan fingerprint density at radius 1 is 1.08 bits per heavy atom. The van der Waals surface area contributed by atoms with Crippen LogP contribution in [0.5, 0.6) is 11.5 Å². The van der Waals surface area contributed by atoms with Gasteiger partial charge in [-0.15, -0.1) is 0 Å². The normalized spacial score (nSPS) is 14.6. The van der Waals surface area contributed by atoms with Gasteiger partial charge in [0.05, 0.1) is 32.4 Å². The van der Waals surface area contributed by atoms with Crippen molar-refractivity contribution in [3.05, 3.63) is 87.7 Å². The van der Waals surface area contributed by atoms with Gasteiger partial charge in [-0.1, -0.05) is 17.7 Å². The first-order chi connectivity index (χ1) is 17.4. The number of nitrogens with zero attached hydrogens (tertiary/aromatic N) is 1. The molecule has 1 aliphatic heterocycles. The Kier molecular flexibility index (Phi) is 7.64. The lowest BCUT2D eigenvalue weighted by molar-refractivity contribution is 0.0526. The van der Waals surface area contributed by atoms with Crippen molar-refractivity contribution in [1.82, 2.24) is 4.90 Å². The molecule has 3 aromatic rings. The average Bonchev–Trinajstić information content (AvgIpc) is 2.88. The molecule has 1 aliphatic rings. The maximum Gasteiger partial charge on any atom is 0.338 e. The van der Waals surface area contributed by atoms with Crippen LogP contribution in [0.3, 0.4) is 0 Å². The molecule has 4 rings (SSSR count). The molecule has 0 saturated heterocycles. The zero-order valence-electron chi connectivity index (χ0n) is 20.1. The molecule has 0 saturated carbocycles. The summed E-state index contributed by atoms with van der Waals surface area (Å²) in [5.41, 5.74) is 2.64. The lowest BCUT2D eigenvalue weighted by Gasteiger charge is -2.38. The molecule has 1 heterocycles. The molecule has 1 unspecified atom stereocenters. The molecule has 2 amide bonds. The molecular weight excluding hydrogens is 487 g/mol. The van der Waals surface area contributed by atoms with Crippen LogP contribution in [-0.2, 0) is 11.2 Å². The smallest absolute Gasteiger partial charge is 0.338 e. The topological polar surface area (TPSA) is 77.1 Å². The molecule has 0 aliphatic carbocycles. The first-order valence-electron chi connectivity index (χ1n) is 11.4. The van der Waals surface area contributed by atoms with Crippen molar-refractivity contribution in [2.75, 3.05) is 32.7 Å². The van der Waals surface area contributed by atoms with Crippen LogP contribution in [0.1, 0.15) is 40.0 Å². The second-order valence-electron chi connectivity index (χ2n) is 8.12. The highest BCUT2D eigenvalue weighted by Gasteiger charge is 2.36. The number of hydrogen-bond acceptors (Lipinski definition) is 5. The Bertz CT molecular complexity index is 1260. The van der Waals surface area contributed by atoms with E-state index in [2.05, 4.69) is 5.32 Å². The number of methoxy groups -OCH3 is 2. The van der Waals surface area contributed by atoms with Gasteiger partial charge in [-0.2, -0.15) is 0 Å². The summed E-state index contributed by atoms with van der Waals surface area (Å²) in [6.45, 7) is 2.31. The van der Waals surface area contributed by atoms with Crippen LogP contribution in [0.25, 0.3) is 0 Å². The first kappa shape index (κ1) is 25.3. The fourth-order valence-electron chi connectivity index (χ4n) is 4.35. The molecular formula is C27H26ClFN2O5. The van der Waals surface area contributed by atoms with Gasteiger partial charge in [0.1, 0.15) is 5.82 Å². The van der Waals surface area contributed by atoms with Crippen molar-refractivity contribution in [3.63, 3.8) is 0 Å². The summed E-state index contributed by atoms with van der Waals surface area (Å²) in [6.07, 6.45) is 0.521. The van der Waals surface area contributed by atoms with Crippen LogP contribution < -0.4 is 14.8 Å². The molecule has 36 heavy (non-hydrogen) atoms. The van der Waals surface area contributed by atoms with Crippen LogP contribution in [0.15, 0.2) is 54.6 Å². The fraction of sp³-hybridized carbons (Fsp3) is 0.259. The van der Waals surface area contributed by atoms with Crippen LogP contribution in [0.4, 0.5) is 14.9 Å². The van der Waals surface area contributed by atoms with Gasteiger partial charge in [0.2, 0.25) is 0 Å². The maximum absolute atomic E-state index is 15.2. The van der Waals surface area contributed by atoms with E-state index in [4.69, 9.17) is 25.8 Å². The SMILES string of the molecule is CCOC(=O)c1ccc(NC(=O)N2CCc3cc(OC)c(OC)cc3C2c2c(F)cccc2Cl)cc1. The third kappa shape index (κ3) is 4.95. The lowest BCUT2D eigenvalue weighted by Crippen LogP contribution is -2.43. The highest BCUT2D eigenvalue weighted by Crippen LogP contribution is 2.43. The number of amides is 2. The summed E-state index contributed by atoms with van der Waals surface area (Å²) in [5.74, 6) is 0.0492. The van der Waals surface area contributed by atoms with E-state index in [9.17, 15) is 9.59 Å². The van der Waals surface area contributed by atoms with E-state index in [1.54, 1.807) is 50.4 Å². The van der Waals surface area contributed by atoms with E-state index >= 15 is 4.39 Å². The second kappa shape index (κ2) is 10.9. The third-order valence-electron chi connectivity index (χ3n) is 6.06. The molecule has 0 bridgehead atoms. The Morgan fingerprint density at radius 2 is 1.78 bits per heavy atom. The largest absolute Gasteiger partial charge is 0.493 e. The second-order valence-corrected chi connectivity index (χ2v) is 8.52. The van der Waals surface area contributed by atoms with Crippen LogP contribution >= 0.6 is 11.6 Å². The highest BCUT2D eigenvalue weighted by molar-refractivity contribution is 6.31. The molecule has 3 aromatic carbocycles. The van der Waals surface area contributed by atoms with Gasteiger partial charge in [-0.05, 0) is 73.0 Å². The van der Waals surface area contributed by atoms with Gasteiger partial charge < -0.3 is 24.4 Å². The zero-order chi connectivity index (χ0) is 25.8.